The molecule has 0 unspecified atom stereocenters. The predicted molar refractivity (Wildman–Crippen MR) is 93.0 cm³/mol. The topological polar surface area (TPSA) is 12.0 Å². The average Bonchev–Trinajstić information content (AvgIpc) is 2.52. The van der Waals surface area contributed by atoms with E-state index in [9.17, 15) is 0 Å². The van der Waals surface area contributed by atoms with Crippen molar-refractivity contribution < 1.29 is 0 Å². The third kappa shape index (κ3) is 5.75. The monoisotopic (exact) mass is 269 g/mol. The molecule has 0 radical (unpaired) electrons. The summed E-state index contributed by atoms with van der Waals surface area (Å²) in [4.78, 5) is 0. The maximum Gasteiger partial charge on any atom is 0.0387 e. The van der Waals surface area contributed by atoms with Crippen LogP contribution in [0.1, 0.15) is 38.8 Å². The summed E-state index contributed by atoms with van der Waals surface area (Å²) in [5, 5.41) is 3.30. The number of anilines is 1. The normalized spacial score (nSPS) is 8.45. The molecule has 0 atom stereocenters. The lowest BCUT2D eigenvalue weighted by molar-refractivity contribution is 1.41. The number of hydrogen-bond donors (Lipinski definition) is 1. The zero-order valence-electron chi connectivity index (χ0n) is 13.4. The summed E-state index contributed by atoms with van der Waals surface area (Å²) in [6.07, 6.45) is 0. The highest BCUT2D eigenvalue weighted by Gasteiger charge is 2.01. The van der Waals surface area contributed by atoms with Crippen molar-refractivity contribution in [1.82, 2.24) is 0 Å². The Morgan fingerprint density at radius 1 is 0.800 bits per heavy atom. The zero-order chi connectivity index (χ0) is 15.4. The van der Waals surface area contributed by atoms with E-state index in [0.29, 0.717) is 0 Å². The molecule has 0 spiro atoms. The second-order valence-corrected chi connectivity index (χ2v) is 3.78. The van der Waals surface area contributed by atoms with Crippen molar-refractivity contribution in [3.8, 4) is 0 Å². The smallest absolute Gasteiger partial charge is 0.0387 e. The van der Waals surface area contributed by atoms with Crippen molar-refractivity contribution in [3.05, 3.63) is 72.3 Å². The van der Waals surface area contributed by atoms with E-state index < -0.39 is 0 Å². The number of rotatable bonds is 3. The van der Waals surface area contributed by atoms with Crippen LogP contribution in [0.3, 0.4) is 0 Å². The van der Waals surface area contributed by atoms with Crippen LogP contribution in [0.4, 0.5) is 5.69 Å². The van der Waals surface area contributed by atoms with Gasteiger partial charge in [0.05, 0.1) is 0 Å². The largest absolute Gasteiger partial charge is 0.356 e. The molecule has 1 N–H and O–H groups in total. The van der Waals surface area contributed by atoms with Crippen LogP contribution in [0.2, 0.25) is 0 Å². The van der Waals surface area contributed by atoms with Gasteiger partial charge in [-0.25, -0.2) is 0 Å². The molecule has 2 aromatic carbocycles. The van der Waals surface area contributed by atoms with Crippen LogP contribution in [0.25, 0.3) is 5.70 Å². The van der Waals surface area contributed by atoms with Gasteiger partial charge in [-0.15, -0.1) is 0 Å². The highest BCUT2D eigenvalue weighted by molar-refractivity contribution is 5.76. The molecule has 0 heterocycles. The molecule has 2 rings (SSSR count). The molecule has 1 nitrogen and oxygen atoms in total. The van der Waals surface area contributed by atoms with E-state index in [4.69, 9.17) is 0 Å². The first-order chi connectivity index (χ1) is 9.77. The zero-order valence-corrected chi connectivity index (χ0v) is 13.4. The molecule has 0 saturated carbocycles. The number of benzene rings is 2. The van der Waals surface area contributed by atoms with Crippen molar-refractivity contribution in [2.75, 3.05) is 5.32 Å². The SMILES string of the molecule is C=C(Nc1ccccc1)c1ccccc1C.CC.CC. The summed E-state index contributed by atoms with van der Waals surface area (Å²) in [6, 6.07) is 18.3. The molecule has 1 heteroatoms. The molecule has 0 aliphatic heterocycles. The fourth-order valence-electron chi connectivity index (χ4n) is 1.67. The first kappa shape index (κ1) is 18.0. The second-order valence-electron chi connectivity index (χ2n) is 3.78. The summed E-state index contributed by atoms with van der Waals surface area (Å²) >= 11 is 0. The van der Waals surface area contributed by atoms with Crippen molar-refractivity contribution in [1.29, 1.82) is 0 Å². The summed E-state index contributed by atoms with van der Waals surface area (Å²) in [7, 11) is 0. The average molecular weight is 269 g/mol. The second kappa shape index (κ2) is 10.9. The van der Waals surface area contributed by atoms with Crippen LogP contribution in [0, 0.1) is 6.92 Å². The summed E-state index contributed by atoms with van der Waals surface area (Å²) in [5.41, 5.74) is 4.39. The molecule has 0 aliphatic carbocycles. The Balaban J connectivity index is 0.000000829. The van der Waals surface area contributed by atoms with Gasteiger partial charge in [-0.2, -0.15) is 0 Å². The van der Waals surface area contributed by atoms with E-state index >= 15 is 0 Å². The van der Waals surface area contributed by atoms with Gasteiger partial charge < -0.3 is 5.32 Å². The van der Waals surface area contributed by atoms with Gasteiger partial charge >= 0.3 is 0 Å². The lowest BCUT2D eigenvalue weighted by Gasteiger charge is -2.11. The van der Waals surface area contributed by atoms with E-state index in [1.54, 1.807) is 0 Å². The van der Waals surface area contributed by atoms with Gasteiger partial charge in [0, 0.05) is 16.9 Å². The highest BCUT2D eigenvalue weighted by Crippen LogP contribution is 2.19. The molecule has 0 bridgehead atoms. The molecular weight excluding hydrogens is 242 g/mol. The minimum Gasteiger partial charge on any atom is -0.356 e. The van der Waals surface area contributed by atoms with E-state index in [2.05, 4.69) is 31.0 Å². The fourth-order valence-corrected chi connectivity index (χ4v) is 1.67. The lowest BCUT2D eigenvalue weighted by atomic mass is 10.1. The quantitative estimate of drug-likeness (QED) is 0.706. The Morgan fingerprint density at radius 3 is 1.85 bits per heavy atom. The Kier molecular flexibility index (Phi) is 9.76. The summed E-state index contributed by atoms with van der Waals surface area (Å²) in [6.45, 7) is 14.2. The molecule has 2 aromatic rings. The third-order valence-corrected chi connectivity index (χ3v) is 2.54. The van der Waals surface area contributed by atoms with E-state index in [-0.39, 0.29) is 0 Å². The Bertz CT molecular complexity index is 486. The van der Waals surface area contributed by atoms with Crippen LogP contribution in [-0.4, -0.2) is 0 Å². The molecule has 0 fully saturated rings. The van der Waals surface area contributed by atoms with E-state index in [1.165, 1.54) is 5.56 Å². The van der Waals surface area contributed by atoms with Crippen LogP contribution < -0.4 is 5.32 Å². The molecule has 0 saturated heterocycles. The van der Waals surface area contributed by atoms with Crippen LogP contribution >= 0.6 is 0 Å². The number of para-hydroxylation sites is 1. The molecule has 108 valence electrons. The van der Waals surface area contributed by atoms with Gasteiger partial charge in [0.1, 0.15) is 0 Å². The third-order valence-electron chi connectivity index (χ3n) is 2.54. The maximum atomic E-state index is 4.07. The number of aryl methyl sites for hydroxylation is 1. The first-order valence-corrected chi connectivity index (χ1v) is 7.34. The lowest BCUT2D eigenvalue weighted by Crippen LogP contribution is -1.98. The minimum absolute atomic E-state index is 0.935. The summed E-state index contributed by atoms with van der Waals surface area (Å²) < 4.78 is 0. The molecule has 0 aromatic heterocycles. The van der Waals surface area contributed by atoms with E-state index in [0.717, 1.165) is 16.9 Å². The first-order valence-electron chi connectivity index (χ1n) is 7.34. The Hall–Kier alpha value is -2.02. The minimum atomic E-state index is 0.935. The molecule has 20 heavy (non-hydrogen) atoms. The predicted octanol–water partition coefficient (Wildman–Crippen LogP) is 6.13. The van der Waals surface area contributed by atoms with Gasteiger partial charge in [0.15, 0.2) is 0 Å². The fraction of sp³-hybridized carbons (Fsp3) is 0.263. The molecular formula is C19H27N. The van der Waals surface area contributed by atoms with E-state index in [1.807, 2.05) is 70.2 Å². The Labute approximate surface area is 124 Å². The van der Waals surface area contributed by atoms with Gasteiger partial charge in [0.2, 0.25) is 0 Å². The Morgan fingerprint density at radius 2 is 1.30 bits per heavy atom. The van der Waals surface area contributed by atoms with Crippen molar-refractivity contribution in [3.63, 3.8) is 0 Å². The van der Waals surface area contributed by atoms with Crippen LogP contribution in [0.5, 0.6) is 0 Å². The van der Waals surface area contributed by atoms with Crippen LogP contribution in [0.15, 0.2) is 61.2 Å². The van der Waals surface area contributed by atoms with Crippen LogP contribution in [-0.2, 0) is 0 Å². The maximum absolute atomic E-state index is 4.07. The van der Waals surface area contributed by atoms with Gasteiger partial charge in [0.25, 0.3) is 0 Å². The van der Waals surface area contributed by atoms with Gasteiger partial charge in [-0.3, -0.25) is 0 Å². The number of nitrogens with one attached hydrogen (secondary N) is 1. The highest BCUT2D eigenvalue weighted by atomic mass is 14.9. The van der Waals surface area contributed by atoms with Crippen molar-refractivity contribution >= 4 is 11.4 Å². The van der Waals surface area contributed by atoms with Crippen molar-refractivity contribution in [2.24, 2.45) is 0 Å². The standard InChI is InChI=1S/C15H15N.2C2H6/c1-12-8-6-7-11-15(12)13(2)16-14-9-4-3-5-10-14;2*1-2/h3-11,16H,2H2,1H3;2*1-2H3. The molecule has 0 aliphatic rings. The number of hydrogen-bond acceptors (Lipinski definition) is 1. The molecule has 0 amide bonds. The van der Waals surface area contributed by atoms with Gasteiger partial charge in [-0.05, 0) is 24.6 Å². The van der Waals surface area contributed by atoms with Crippen molar-refractivity contribution in [2.45, 2.75) is 34.6 Å². The summed E-state index contributed by atoms with van der Waals surface area (Å²) in [5.74, 6) is 0. The van der Waals surface area contributed by atoms with Gasteiger partial charge in [-0.1, -0.05) is 76.7 Å².